The highest BCUT2D eigenvalue weighted by Gasteiger charge is 1.92. The first-order valence-electron chi connectivity index (χ1n) is 3.11. The zero-order chi connectivity index (χ0) is 7.40. The molecule has 3 nitrogen and oxygen atoms in total. The van der Waals surface area contributed by atoms with Crippen molar-refractivity contribution in [3.05, 3.63) is 29.8 Å². The third-order valence-electron chi connectivity index (χ3n) is 1.35. The fraction of sp³-hybridized carbons (Fsp3) is 0.143. The minimum atomic E-state index is 0.618. The van der Waals surface area contributed by atoms with Crippen molar-refractivity contribution < 1.29 is 0 Å². The van der Waals surface area contributed by atoms with Gasteiger partial charge in [0.2, 0.25) is 0 Å². The van der Waals surface area contributed by atoms with Crippen molar-refractivity contribution in [1.82, 2.24) is 5.43 Å². The standard InChI is InChI=1S/C7H11N3/c8-7-4-2-1-3-6(7)5-10-9/h1-4,10H,5,8-9H2. The van der Waals surface area contributed by atoms with Gasteiger partial charge >= 0.3 is 0 Å². The van der Waals surface area contributed by atoms with Gasteiger partial charge in [-0.1, -0.05) is 18.2 Å². The normalized spacial score (nSPS) is 9.70. The Morgan fingerprint density at radius 1 is 1.30 bits per heavy atom. The van der Waals surface area contributed by atoms with Crippen LogP contribution in [-0.2, 0) is 6.54 Å². The van der Waals surface area contributed by atoms with Crippen molar-refractivity contribution in [1.29, 1.82) is 0 Å². The zero-order valence-corrected chi connectivity index (χ0v) is 5.67. The summed E-state index contributed by atoms with van der Waals surface area (Å²) in [5.41, 5.74) is 9.97. The summed E-state index contributed by atoms with van der Waals surface area (Å²) < 4.78 is 0. The molecule has 0 saturated heterocycles. The number of benzene rings is 1. The summed E-state index contributed by atoms with van der Waals surface area (Å²) in [6, 6.07) is 7.63. The van der Waals surface area contributed by atoms with Gasteiger partial charge in [-0.2, -0.15) is 0 Å². The Hall–Kier alpha value is -1.06. The Morgan fingerprint density at radius 2 is 2.00 bits per heavy atom. The number of hydrazine groups is 1. The fourth-order valence-electron chi connectivity index (χ4n) is 0.805. The van der Waals surface area contributed by atoms with E-state index in [9.17, 15) is 0 Å². The van der Waals surface area contributed by atoms with Crippen molar-refractivity contribution in [3.8, 4) is 0 Å². The van der Waals surface area contributed by atoms with E-state index in [0.29, 0.717) is 6.54 Å². The molecule has 0 saturated carbocycles. The fourth-order valence-corrected chi connectivity index (χ4v) is 0.805. The first-order chi connectivity index (χ1) is 4.84. The van der Waals surface area contributed by atoms with E-state index in [1.165, 1.54) is 0 Å². The summed E-state index contributed by atoms with van der Waals surface area (Å²) in [5, 5.41) is 0. The number of para-hydroxylation sites is 1. The SMILES string of the molecule is NNCc1ccccc1N. The van der Waals surface area contributed by atoms with E-state index in [0.717, 1.165) is 11.3 Å². The van der Waals surface area contributed by atoms with Gasteiger partial charge in [-0.25, -0.2) is 0 Å². The molecule has 0 aliphatic rings. The largest absolute Gasteiger partial charge is 0.398 e. The molecule has 0 fully saturated rings. The van der Waals surface area contributed by atoms with E-state index < -0.39 is 0 Å². The number of hydrogen-bond donors (Lipinski definition) is 3. The van der Waals surface area contributed by atoms with E-state index in [2.05, 4.69) is 5.43 Å². The maximum Gasteiger partial charge on any atom is 0.0369 e. The molecular weight excluding hydrogens is 126 g/mol. The molecule has 0 aliphatic carbocycles. The van der Waals surface area contributed by atoms with Crippen molar-refractivity contribution in [2.24, 2.45) is 5.84 Å². The van der Waals surface area contributed by atoms with Gasteiger partial charge in [0, 0.05) is 12.2 Å². The molecular formula is C7H11N3. The predicted molar refractivity (Wildman–Crippen MR) is 41.9 cm³/mol. The van der Waals surface area contributed by atoms with Crippen molar-refractivity contribution in [2.75, 3.05) is 5.73 Å². The monoisotopic (exact) mass is 137 g/mol. The van der Waals surface area contributed by atoms with E-state index in [1.807, 2.05) is 24.3 Å². The third-order valence-corrected chi connectivity index (χ3v) is 1.35. The van der Waals surface area contributed by atoms with Gasteiger partial charge in [0.15, 0.2) is 0 Å². The molecule has 1 aromatic carbocycles. The number of nitrogens with two attached hydrogens (primary N) is 2. The molecule has 0 atom stereocenters. The summed E-state index contributed by atoms with van der Waals surface area (Å²) in [7, 11) is 0. The van der Waals surface area contributed by atoms with Crippen LogP contribution in [0.5, 0.6) is 0 Å². The molecule has 0 bridgehead atoms. The molecule has 0 aromatic heterocycles. The van der Waals surface area contributed by atoms with Crippen LogP contribution in [0.3, 0.4) is 0 Å². The smallest absolute Gasteiger partial charge is 0.0369 e. The average molecular weight is 137 g/mol. The van der Waals surface area contributed by atoms with Crippen LogP contribution in [0, 0.1) is 0 Å². The Kier molecular flexibility index (Phi) is 2.25. The summed E-state index contributed by atoms with van der Waals surface area (Å²) in [6.07, 6.45) is 0. The second kappa shape index (κ2) is 3.20. The lowest BCUT2D eigenvalue weighted by Crippen LogP contribution is -2.21. The summed E-state index contributed by atoms with van der Waals surface area (Å²) >= 11 is 0. The maximum atomic E-state index is 5.61. The topological polar surface area (TPSA) is 64.1 Å². The third kappa shape index (κ3) is 1.46. The lowest BCUT2D eigenvalue weighted by atomic mass is 10.2. The molecule has 10 heavy (non-hydrogen) atoms. The van der Waals surface area contributed by atoms with Gasteiger partial charge in [0.25, 0.3) is 0 Å². The van der Waals surface area contributed by atoms with Crippen LogP contribution in [0.4, 0.5) is 5.69 Å². The van der Waals surface area contributed by atoms with Crippen LogP contribution >= 0.6 is 0 Å². The minimum Gasteiger partial charge on any atom is -0.398 e. The second-order valence-corrected chi connectivity index (χ2v) is 2.08. The van der Waals surface area contributed by atoms with Gasteiger partial charge in [0.05, 0.1) is 0 Å². The lowest BCUT2D eigenvalue weighted by molar-refractivity contribution is 0.743. The molecule has 0 amide bonds. The molecule has 0 heterocycles. The van der Waals surface area contributed by atoms with Gasteiger partial charge < -0.3 is 5.73 Å². The molecule has 1 aromatic rings. The Bertz CT molecular complexity index is 210. The second-order valence-electron chi connectivity index (χ2n) is 2.08. The lowest BCUT2D eigenvalue weighted by Gasteiger charge is -2.02. The molecule has 0 radical (unpaired) electrons. The maximum absolute atomic E-state index is 5.61. The zero-order valence-electron chi connectivity index (χ0n) is 5.67. The molecule has 0 unspecified atom stereocenters. The highest BCUT2D eigenvalue weighted by molar-refractivity contribution is 5.46. The van der Waals surface area contributed by atoms with Crippen LogP contribution in [0.25, 0.3) is 0 Å². The van der Waals surface area contributed by atoms with Gasteiger partial charge in [-0.15, -0.1) is 0 Å². The number of hydrogen-bond acceptors (Lipinski definition) is 3. The van der Waals surface area contributed by atoms with Crippen molar-refractivity contribution in [3.63, 3.8) is 0 Å². The summed E-state index contributed by atoms with van der Waals surface area (Å²) in [6.45, 7) is 0.618. The molecule has 3 heteroatoms. The first-order valence-corrected chi connectivity index (χ1v) is 3.11. The van der Waals surface area contributed by atoms with Crippen molar-refractivity contribution >= 4 is 5.69 Å². The summed E-state index contributed by atoms with van der Waals surface area (Å²) in [4.78, 5) is 0. The minimum absolute atomic E-state index is 0.618. The Labute approximate surface area is 60.0 Å². The highest BCUT2D eigenvalue weighted by Crippen LogP contribution is 2.08. The van der Waals surface area contributed by atoms with Gasteiger partial charge in [-0.05, 0) is 11.6 Å². The van der Waals surface area contributed by atoms with Crippen LogP contribution < -0.4 is 17.0 Å². The first kappa shape index (κ1) is 7.05. The molecule has 5 N–H and O–H groups in total. The van der Waals surface area contributed by atoms with Crippen LogP contribution in [-0.4, -0.2) is 0 Å². The van der Waals surface area contributed by atoms with E-state index >= 15 is 0 Å². The van der Waals surface area contributed by atoms with Crippen LogP contribution in [0.2, 0.25) is 0 Å². The van der Waals surface area contributed by atoms with Gasteiger partial charge in [-0.3, -0.25) is 11.3 Å². The molecule has 54 valence electrons. The number of nitrogens with one attached hydrogen (secondary N) is 1. The highest BCUT2D eigenvalue weighted by atomic mass is 15.2. The predicted octanol–water partition coefficient (Wildman–Crippen LogP) is 0.232. The van der Waals surface area contributed by atoms with Crippen LogP contribution in [0.1, 0.15) is 5.56 Å². The van der Waals surface area contributed by atoms with Crippen molar-refractivity contribution in [2.45, 2.75) is 6.54 Å². The molecule has 0 aliphatic heterocycles. The van der Waals surface area contributed by atoms with Gasteiger partial charge in [0.1, 0.15) is 0 Å². The Balaban J connectivity index is 2.81. The summed E-state index contributed by atoms with van der Waals surface area (Å²) in [5.74, 6) is 5.12. The number of anilines is 1. The van der Waals surface area contributed by atoms with E-state index in [1.54, 1.807) is 0 Å². The molecule has 1 rings (SSSR count). The Morgan fingerprint density at radius 3 is 2.60 bits per heavy atom. The molecule has 0 spiro atoms. The van der Waals surface area contributed by atoms with Crippen LogP contribution in [0.15, 0.2) is 24.3 Å². The van der Waals surface area contributed by atoms with E-state index in [4.69, 9.17) is 11.6 Å². The van der Waals surface area contributed by atoms with E-state index in [-0.39, 0.29) is 0 Å². The quantitative estimate of drug-likeness (QED) is 0.310. The number of nitrogen functional groups attached to an aromatic ring is 1. The average Bonchev–Trinajstić information content (AvgIpc) is 1.94. The number of rotatable bonds is 2.